The third-order valence-corrected chi connectivity index (χ3v) is 1.46. The number of nitrogens with two attached hydrogens (primary N) is 1. The van der Waals surface area contributed by atoms with Gasteiger partial charge in [-0.25, -0.2) is 4.79 Å². The lowest BCUT2D eigenvalue weighted by Crippen LogP contribution is -2.46. The minimum Gasteiger partial charge on any atom is -0.392 e. The van der Waals surface area contributed by atoms with Crippen molar-refractivity contribution in [2.24, 2.45) is 5.73 Å². The number of aliphatic hydroxyl groups is 1. The summed E-state index contributed by atoms with van der Waals surface area (Å²) in [7, 11) is 0. The Labute approximate surface area is 72.3 Å². The van der Waals surface area contributed by atoms with Crippen molar-refractivity contribution in [2.45, 2.75) is 26.0 Å². The molecule has 72 valence electrons. The largest absolute Gasteiger partial charge is 0.392 e. The molecule has 5 nitrogen and oxygen atoms in total. The lowest BCUT2D eigenvalue weighted by molar-refractivity contribution is 0.162. The van der Waals surface area contributed by atoms with E-state index in [0.29, 0.717) is 6.54 Å². The van der Waals surface area contributed by atoms with Gasteiger partial charge in [0.1, 0.15) is 0 Å². The summed E-state index contributed by atoms with van der Waals surface area (Å²) in [5.41, 5.74) is 5.47. The first-order chi connectivity index (χ1) is 5.57. The van der Waals surface area contributed by atoms with Crippen LogP contribution < -0.4 is 16.4 Å². The Morgan fingerprint density at radius 2 is 2.17 bits per heavy atom. The number of carbonyl (C=O) groups excluding carboxylic acids is 1. The van der Waals surface area contributed by atoms with Gasteiger partial charge in [-0.1, -0.05) is 0 Å². The van der Waals surface area contributed by atoms with Crippen LogP contribution >= 0.6 is 0 Å². The highest BCUT2D eigenvalue weighted by atomic mass is 16.3. The molecular formula is C7H17N3O2. The van der Waals surface area contributed by atoms with Crippen LogP contribution in [0.4, 0.5) is 4.79 Å². The van der Waals surface area contributed by atoms with Gasteiger partial charge >= 0.3 is 6.03 Å². The highest BCUT2D eigenvalue weighted by Gasteiger charge is 2.09. The second kappa shape index (κ2) is 5.79. The molecule has 0 saturated carbocycles. The summed E-state index contributed by atoms with van der Waals surface area (Å²) < 4.78 is 0. The fourth-order valence-electron chi connectivity index (χ4n) is 0.604. The van der Waals surface area contributed by atoms with Crippen LogP contribution in [0.25, 0.3) is 0 Å². The minimum absolute atomic E-state index is 0.256. The molecule has 0 aromatic carbocycles. The van der Waals surface area contributed by atoms with Crippen molar-refractivity contribution in [1.29, 1.82) is 0 Å². The zero-order valence-corrected chi connectivity index (χ0v) is 7.50. The van der Waals surface area contributed by atoms with E-state index < -0.39 is 12.1 Å². The molecular weight excluding hydrogens is 158 g/mol. The first kappa shape index (κ1) is 11.2. The monoisotopic (exact) mass is 175 g/mol. The van der Waals surface area contributed by atoms with Crippen molar-refractivity contribution < 1.29 is 9.90 Å². The molecule has 2 atom stereocenters. The van der Waals surface area contributed by atoms with E-state index >= 15 is 0 Å². The van der Waals surface area contributed by atoms with Crippen LogP contribution in [-0.4, -0.2) is 36.4 Å². The molecule has 0 aliphatic heterocycles. The first-order valence-electron chi connectivity index (χ1n) is 4.03. The molecule has 0 aromatic heterocycles. The molecule has 0 spiro atoms. The zero-order chi connectivity index (χ0) is 9.56. The van der Waals surface area contributed by atoms with Crippen LogP contribution in [0.5, 0.6) is 0 Å². The molecule has 0 saturated heterocycles. The van der Waals surface area contributed by atoms with Gasteiger partial charge in [0.25, 0.3) is 0 Å². The van der Waals surface area contributed by atoms with Crippen LogP contribution in [0.15, 0.2) is 0 Å². The predicted molar refractivity (Wildman–Crippen MR) is 46.7 cm³/mol. The van der Waals surface area contributed by atoms with E-state index in [1.165, 1.54) is 0 Å². The number of hydrogen-bond donors (Lipinski definition) is 4. The van der Waals surface area contributed by atoms with Gasteiger partial charge in [-0.05, 0) is 13.8 Å². The van der Waals surface area contributed by atoms with Gasteiger partial charge < -0.3 is 21.5 Å². The van der Waals surface area contributed by atoms with Gasteiger partial charge in [0.05, 0.1) is 6.10 Å². The molecule has 0 aliphatic carbocycles. The van der Waals surface area contributed by atoms with Gasteiger partial charge in [0.2, 0.25) is 0 Å². The fourth-order valence-corrected chi connectivity index (χ4v) is 0.604. The Morgan fingerprint density at radius 1 is 1.58 bits per heavy atom. The Bertz CT molecular complexity index is 139. The van der Waals surface area contributed by atoms with E-state index in [1.54, 1.807) is 6.92 Å². The van der Waals surface area contributed by atoms with E-state index in [-0.39, 0.29) is 12.6 Å². The lowest BCUT2D eigenvalue weighted by atomic mass is 10.2. The Kier molecular flexibility index (Phi) is 5.40. The minimum atomic E-state index is -0.605. The van der Waals surface area contributed by atoms with Crippen molar-refractivity contribution in [3.8, 4) is 0 Å². The average Bonchev–Trinajstić information content (AvgIpc) is 2.00. The van der Waals surface area contributed by atoms with Gasteiger partial charge in [0.15, 0.2) is 0 Å². The molecule has 0 rings (SSSR count). The van der Waals surface area contributed by atoms with Crippen LogP contribution in [0.2, 0.25) is 0 Å². The topological polar surface area (TPSA) is 87.4 Å². The van der Waals surface area contributed by atoms with Crippen LogP contribution in [0.1, 0.15) is 13.8 Å². The molecule has 0 aliphatic rings. The second-order valence-electron chi connectivity index (χ2n) is 2.64. The smallest absolute Gasteiger partial charge is 0.314 e. The van der Waals surface area contributed by atoms with E-state index in [1.807, 2.05) is 6.92 Å². The SMILES string of the molecule is CCNC(=O)NCC(N)C(C)O. The van der Waals surface area contributed by atoms with E-state index in [0.717, 1.165) is 0 Å². The van der Waals surface area contributed by atoms with Crippen molar-refractivity contribution >= 4 is 6.03 Å². The molecule has 0 radical (unpaired) electrons. The maximum atomic E-state index is 10.8. The predicted octanol–water partition coefficient (Wildman–Crippen LogP) is -0.986. The van der Waals surface area contributed by atoms with Crippen molar-refractivity contribution in [3.05, 3.63) is 0 Å². The van der Waals surface area contributed by atoms with Crippen LogP contribution in [-0.2, 0) is 0 Å². The van der Waals surface area contributed by atoms with Gasteiger partial charge in [0, 0.05) is 19.1 Å². The van der Waals surface area contributed by atoms with E-state index in [9.17, 15) is 4.79 Å². The summed E-state index contributed by atoms with van der Waals surface area (Å²) in [6, 6.07) is -0.666. The summed E-state index contributed by atoms with van der Waals surface area (Å²) in [6.45, 7) is 4.28. The highest BCUT2D eigenvalue weighted by molar-refractivity contribution is 5.73. The standard InChI is InChI=1S/C7H17N3O2/c1-3-9-7(12)10-4-6(8)5(2)11/h5-6,11H,3-4,8H2,1-2H3,(H2,9,10,12). The number of nitrogens with one attached hydrogen (secondary N) is 2. The number of carbonyl (C=O) groups is 1. The van der Waals surface area contributed by atoms with Crippen molar-refractivity contribution in [2.75, 3.05) is 13.1 Å². The van der Waals surface area contributed by atoms with Crippen molar-refractivity contribution in [3.63, 3.8) is 0 Å². The summed E-state index contributed by atoms with van der Waals surface area (Å²) in [4.78, 5) is 10.8. The molecule has 0 heterocycles. The number of aliphatic hydroxyl groups excluding tert-OH is 1. The number of amides is 2. The summed E-state index contributed by atoms with van der Waals surface area (Å²) in [6.07, 6.45) is -0.605. The van der Waals surface area contributed by atoms with Crippen LogP contribution in [0.3, 0.4) is 0 Å². The molecule has 5 N–H and O–H groups in total. The molecule has 2 unspecified atom stereocenters. The summed E-state index contributed by atoms with van der Waals surface area (Å²) >= 11 is 0. The first-order valence-corrected chi connectivity index (χ1v) is 4.03. The molecule has 0 fully saturated rings. The molecule has 0 bridgehead atoms. The zero-order valence-electron chi connectivity index (χ0n) is 7.50. The van der Waals surface area contributed by atoms with Gasteiger partial charge in [-0.2, -0.15) is 0 Å². The van der Waals surface area contributed by atoms with Crippen LogP contribution in [0, 0.1) is 0 Å². The molecule has 2 amide bonds. The molecule has 12 heavy (non-hydrogen) atoms. The summed E-state index contributed by atoms with van der Waals surface area (Å²) in [5.74, 6) is 0. The Hall–Kier alpha value is -0.810. The number of hydrogen-bond acceptors (Lipinski definition) is 3. The second-order valence-corrected chi connectivity index (χ2v) is 2.64. The Balaban J connectivity index is 3.47. The quantitative estimate of drug-likeness (QED) is 0.442. The average molecular weight is 175 g/mol. The lowest BCUT2D eigenvalue weighted by Gasteiger charge is -2.15. The third-order valence-electron chi connectivity index (χ3n) is 1.46. The van der Waals surface area contributed by atoms with E-state index in [2.05, 4.69) is 10.6 Å². The van der Waals surface area contributed by atoms with E-state index in [4.69, 9.17) is 10.8 Å². The highest BCUT2D eigenvalue weighted by Crippen LogP contribution is 1.85. The Morgan fingerprint density at radius 3 is 2.58 bits per heavy atom. The molecule has 0 aromatic rings. The summed E-state index contributed by atoms with van der Waals surface area (Å²) in [5, 5.41) is 14.0. The maximum absolute atomic E-state index is 10.8. The normalized spacial score (nSPS) is 15.0. The maximum Gasteiger partial charge on any atom is 0.314 e. The van der Waals surface area contributed by atoms with Crippen molar-refractivity contribution in [1.82, 2.24) is 10.6 Å². The number of rotatable bonds is 4. The van der Waals surface area contributed by atoms with Gasteiger partial charge in [-0.3, -0.25) is 0 Å². The molecule has 5 heteroatoms. The number of urea groups is 1. The third kappa shape index (κ3) is 4.92. The fraction of sp³-hybridized carbons (Fsp3) is 0.857. The van der Waals surface area contributed by atoms with Gasteiger partial charge in [-0.15, -0.1) is 0 Å².